The second kappa shape index (κ2) is 7.56. The number of hydrogen-bond donors (Lipinski definition) is 1. The molecule has 1 fully saturated rings. The van der Waals surface area contributed by atoms with Crippen LogP contribution in [0.1, 0.15) is 24.8 Å². The fourth-order valence-electron chi connectivity index (χ4n) is 2.85. The van der Waals surface area contributed by atoms with E-state index in [4.69, 9.17) is 0 Å². The number of carbonyl (C=O) groups excluding carboxylic acids is 1. The molecule has 1 aliphatic rings. The molecule has 22 heavy (non-hydrogen) atoms. The maximum Gasteiger partial charge on any atom is 0.224 e. The van der Waals surface area contributed by atoms with E-state index in [0.717, 1.165) is 19.5 Å². The molecule has 0 radical (unpaired) electrons. The Kier molecular flexibility index (Phi) is 5.75. The largest absolute Gasteiger partial charge is 0.388 e. The van der Waals surface area contributed by atoms with Gasteiger partial charge in [0.25, 0.3) is 0 Å². The molecule has 0 saturated carbocycles. The lowest BCUT2D eigenvalue weighted by molar-refractivity contribution is -0.136. The lowest BCUT2D eigenvalue weighted by Gasteiger charge is -2.38. The van der Waals surface area contributed by atoms with Crippen molar-refractivity contribution in [1.82, 2.24) is 9.80 Å². The molecule has 1 aromatic rings. The lowest BCUT2D eigenvalue weighted by Crippen LogP contribution is -2.50. The quantitative estimate of drug-likeness (QED) is 0.905. The third-order valence-electron chi connectivity index (χ3n) is 4.09. The highest BCUT2D eigenvalue weighted by atomic mass is 16.3. The van der Waals surface area contributed by atoms with Crippen LogP contribution in [0.2, 0.25) is 0 Å². The van der Waals surface area contributed by atoms with E-state index in [1.165, 1.54) is 5.56 Å². The summed E-state index contributed by atoms with van der Waals surface area (Å²) in [6.45, 7) is 2.33. The van der Waals surface area contributed by atoms with Crippen LogP contribution in [0.5, 0.6) is 0 Å². The molecule has 0 spiro atoms. The van der Waals surface area contributed by atoms with Crippen LogP contribution in [-0.2, 0) is 4.79 Å². The van der Waals surface area contributed by atoms with Gasteiger partial charge in [-0.05, 0) is 24.9 Å². The molecule has 0 bridgehead atoms. The second-order valence-electron chi connectivity index (χ2n) is 6.34. The molecule has 0 aliphatic carbocycles. The van der Waals surface area contributed by atoms with Gasteiger partial charge in [0.05, 0.1) is 12.0 Å². The number of amides is 1. The van der Waals surface area contributed by atoms with Crippen LogP contribution in [0.25, 0.3) is 6.08 Å². The Morgan fingerprint density at radius 3 is 2.77 bits per heavy atom. The number of β-amino-alcohol motifs (C(OH)–C–C–N with tert-alkyl or cyclic N) is 1. The molecule has 1 unspecified atom stereocenters. The van der Waals surface area contributed by atoms with E-state index in [0.29, 0.717) is 13.0 Å². The predicted octanol–water partition coefficient (Wildman–Crippen LogP) is 2.00. The summed E-state index contributed by atoms with van der Waals surface area (Å²) in [6, 6.07) is 10.2. The van der Waals surface area contributed by atoms with Gasteiger partial charge in [-0.3, -0.25) is 9.69 Å². The van der Waals surface area contributed by atoms with Crippen LogP contribution in [0.3, 0.4) is 0 Å². The highest BCUT2D eigenvalue weighted by Crippen LogP contribution is 2.25. The maximum atomic E-state index is 11.9. The number of hydrogen-bond acceptors (Lipinski definition) is 3. The molecule has 1 amide bonds. The van der Waals surface area contributed by atoms with Crippen LogP contribution in [0.15, 0.2) is 36.4 Å². The lowest BCUT2D eigenvalue weighted by atomic mass is 9.89. The van der Waals surface area contributed by atoms with Crippen molar-refractivity contribution < 1.29 is 9.90 Å². The van der Waals surface area contributed by atoms with E-state index >= 15 is 0 Å². The molecule has 1 aromatic carbocycles. The minimum absolute atomic E-state index is 0.0100. The average Bonchev–Trinajstić information content (AvgIpc) is 2.48. The number of nitrogens with zero attached hydrogens (tertiary/aromatic N) is 2. The summed E-state index contributed by atoms with van der Waals surface area (Å²) in [5, 5.41) is 10.7. The molecule has 120 valence electrons. The zero-order valence-corrected chi connectivity index (χ0v) is 13.5. The van der Waals surface area contributed by atoms with E-state index < -0.39 is 5.60 Å². The van der Waals surface area contributed by atoms with Crippen LogP contribution in [0.4, 0.5) is 0 Å². The molecule has 1 aliphatic heterocycles. The van der Waals surface area contributed by atoms with Crippen LogP contribution < -0.4 is 0 Å². The summed E-state index contributed by atoms with van der Waals surface area (Å²) in [5.41, 5.74) is 0.290. The van der Waals surface area contributed by atoms with Crippen molar-refractivity contribution in [3.8, 4) is 0 Å². The van der Waals surface area contributed by atoms with Gasteiger partial charge in [-0.2, -0.15) is 0 Å². The first-order valence-corrected chi connectivity index (χ1v) is 7.85. The summed E-state index contributed by atoms with van der Waals surface area (Å²) in [7, 11) is 3.46. The number of aliphatic hydroxyl groups is 1. The van der Waals surface area contributed by atoms with Gasteiger partial charge in [0.1, 0.15) is 0 Å². The van der Waals surface area contributed by atoms with Crippen molar-refractivity contribution in [2.24, 2.45) is 0 Å². The van der Waals surface area contributed by atoms with Gasteiger partial charge >= 0.3 is 0 Å². The van der Waals surface area contributed by atoms with E-state index in [1.54, 1.807) is 19.0 Å². The third kappa shape index (κ3) is 4.97. The first-order valence-electron chi connectivity index (χ1n) is 7.85. The standard InChI is InChI=1S/C18H26N2O2/c1-19(2)17(21)14-18(22)11-7-13-20(15-18)12-6-10-16-8-4-3-5-9-16/h3-6,8-10,22H,7,11-15H2,1-2H3/b10-6+. The Labute approximate surface area is 133 Å². The van der Waals surface area contributed by atoms with Gasteiger partial charge in [-0.1, -0.05) is 42.5 Å². The van der Waals surface area contributed by atoms with Crippen molar-refractivity contribution in [1.29, 1.82) is 0 Å². The Hall–Kier alpha value is -1.65. The van der Waals surface area contributed by atoms with Crippen LogP contribution in [-0.4, -0.2) is 60.1 Å². The molecule has 4 heteroatoms. The highest BCUT2D eigenvalue weighted by Gasteiger charge is 2.35. The topological polar surface area (TPSA) is 43.8 Å². The number of carbonyl (C=O) groups is 1. The number of likely N-dealkylation sites (tertiary alicyclic amines) is 1. The van der Waals surface area contributed by atoms with E-state index in [1.807, 2.05) is 18.2 Å². The van der Waals surface area contributed by atoms with E-state index in [-0.39, 0.29) is 12.3 Å². The van der Waals surface area contributed by atoms with Crippen LogP contribution in [0, 0.1) is 0 Å². The van der Waals surface area contributed by atoms with E-state index in [2.05, 4.69) is 29.2 Å². The fourth-order valence-corrected chi connectivity index (χ4v) is 2.85. The smallest absolute Gasteiger partial charge is 0.224 e. The molecular formula is C18H26N2O2. The molecule has 1 N–H and O–H groups in total. The minimum Gasteiger partial charge on any atom is -0.388 e. The number of benzene rings is 1. The summed E-state index contributed by atoms with van der Waals surface area (Å²) >= 11 is 0. The van der Waals surface area contributed by atoms with Crippen molar-refractivity contribution in [3.63, 3.8) is 0 Å². The Morgan fingerprint density at radius 2 is 2.09 bits per heavy atom. The van der Waals surface area contributed by atoms with Crippen LogP contribution >= 0.6 is 0 Å². The van der Waals surface area contributed by atoms with Gasteiger partial charge < -0.3 is 10.0 Å². The van der Waals surface area contributed by atoms with Gasteiger partial charge in [-0.15, -0.1) is 0 Å². The van der Waals surface area contributed by atoms with Gasteiger partial charge in [0, 0.05) is 27.2 Å². The summed E-state index contributed by atoms with van der Waals surface area (Å²) in [6.07, 6.45) is 6.05. The Bertz CT molecular complexity index is 513. The van der Waals surface area contributed by atoms with Gasteiger partial charge in [0.2, 0.25) is 5.91 Å². The van der Waals surface area contributed by atoms with Crippen molar-refractivity contribution in [2.45, 2.75) is 24.9 Å². The normalized spacial score (nSPS) is 22.9. The van der Waals surface area contributed by atoms with Crippen molar-refractivity contribution in [2.75, 3.05) is 33.7 Å². The SMILES string of the molecule is CN(C)C(=O)CC1(O)CCCN(C/C=C/c2ccccc2)C1. The molecule has 2 rings (SSSR count). The molecule has 4 nitrogen and oxygen atoms in total. The Morgan fingerprint density at radius 1 is 1.36 bits per heavy atom. The number of piperidine rings is 1. The predicted molar refractivity (Wildman–Crippen MR) is 89.4 cm³/mol. The fraction of sp³-hybridized carbons (Fsp3) is 0.500. The molecule has 0 aromatic heterocycles. The first-order chi connectivity index (χ1) is 10.5. The van der Waals surface area contributed by atoms with Crippen molar-refractivity contribution >= 4 is 12.0 Å². The first kappa shape index (κ1) is 16.7. The summed E-state index contributed by atoms with van der Waals surface area (Å²) in [5.74, 6) is -0.0100. The zero-order chi connectivity index (χ0) is 16.0. The second-order valence-corrected chi connectivity index (χ2v) is 6.34. The molecule has 1 saturated heterocycles. The van der Waals surface area contributed by atoms with E-state index in [9.17, 15) is 9.90 Å². The monoisotopic (exact) mass is 302 g/mol. The average molecular weight is 302 g/mol. The third-order valence-corrected chi connectivity index (χ3v) is 4.09. The van der Waals surface area contributed by atoms with Crippen molar-refractivity contribution in [3.05, 3.63) is 42.0 Å². The Balaban J connectivity index is 1.87. The minimum atomic E-state index is -0.889. The zero-order valence-electron chi connectivity index (χ0n) is 13.5. The summed E-state index contributed by atoms with van der Waals surface area (Å²) < 4.78 is 0. The molecule has 1 atom stereocenters. The molecular weight excluding hydrogens is 276 g/mol. The molecule has 1 heterocycles. The maximum absolute atomic E-state index is 11.9. The number of rotatable bonds is 5. The van der Waals surface area contributed by atoms with Gasteiger partial charge in [0.15, 0.2) is 0 Å². The summed E-state index contributed by atoms with van der Waals surface area (Å²) in [4.78, 5) is 15.6. The highest BCUT2D eigenvalue weighted by molar-refractivity contribution is 5.76. The van der Waals surface area contributed by atoms with Gasteiger partial charge in [-0.25, -0.2) is 0 Å².